The Labute approximate surface area is 93.2 Å². The molecule has 1 heterocycles. The third-order valence-electron chi connectivity index (χ3n) is 0.774. The van der Waals surface area contributed by atoms with Crippen LogP contribution in [-0.2, 0) is 0 Å². The van der Waals surface area contributed by atoms with Crippen LogP contribution in [0.4, 0.5) is 0 Å². The van der Waals surface area contributed by atoms with Gasteiger partial charge < -0.3 is 14.3 Å². The third kappa shape index (κ3) is 2.61. The van der Waals surface area contributed by atoms with E-state index in [1.807, 2.05) is 22.6 Å². The van der Waals surface area contributed by atoms with Crippen molar-refractivity contribution >= 4 is 28.6 Å². The van der Waals surface area contributed by atoms with Gasteiger partial charge in [-0.2, -0.15) is 0 Å². The fourth-order valence-corrected chi connectivity index (χ4v) is 0.841. The Morgan fingerprint density at radius 3 is 2.40 bits per heavy atom. The van der Waals surface area contributed by atoms with Crippen molar-refractivity contribution in [3.8, 4) is 0 Å². The first kappa shape index (κ1) is 10.5. The van der Waals surface area contributed by atoms with Crippen LogP contribution in [0.25, 0.3) is 0 Å². The molecule has 1 rings (SSSR count). The summed E-state index contributed by atoms with van der Waals surface area (Å²) in [5.41, 5.74) is 0. The molecule has 0 aliphatic heterocycles. The number of aromatic carboxylic acids is 1. The summed E-state index contributed by atoms with van der Waals surface area (Å²) in [5.74, 6) is -1.41. The maximum atomic E-state index is 10.0. The molecule has 0 amide bonds. The second kappa shape index (κ2) is 4.38. The van der Waals surface area contributed by atoms with Gasteiger partial charge in [0.15, 0.2) is 9.53 Å². The van der Waals surface area contributed by atoms with Crippen LogP contribution < -0.4 is 34.7 Å². The Morgan fingerprint density at radius 2 is 2.20 bits per heavy atom. The summed E-state index contributed by atoms with van der Waals surface area (Å²) in [5, 5.41) is 10.0. The summed E-state index contributed by atoms with van der Waals surface area (Å²) in [6.07, 6.45) is 0. The molecule has 0 aliphatic rings. The van der Waals surface area contributed by atoms with Gasteiger partial charge in [-0.05, 0) is 34.7 Å². The molecule has 0 aliphatic carbocycles. The Kier molecular flexibility index (Phi) is 4.59. The number of carbonyl (C=O) groups excluding carboxylic acids is 1. The first-order valence-electron chi connectivity index (χ1n) is 2.17. The van der Waals surface area contributed by atoms with Crippen molar-refractivity contribution < 1.29 is 43.9 Å². The molecule has 0 aromatic carbocycles. The molecule has 1 aromatic rings. The maximum Gasteiger partial charge on any atom is 1.00 e. The van der Waals surface area contributed by atoms with Crippen molar-refractivity contribution in [2.75, 3.05) is 0 Å². The van der Waals surface area contributed by atoms with Crippen molar-refractivity contribution in [1.82, 2.24) is 0 Å². The minimum atomic E-state index is -1.28. The number of carboxylic acid groups (broad SMARTS) is 1. The zero-order valence-electron chi connectivity index (χ0n) is 5.26. The molecule has 5 heteroatoms. The van der Waals surface area contributed by atoms with Gasteiger partial charge in [0.1, 0.15) is 5.97 Å². The number of carboxylic acids is 1. The number of halogens is 1. The average molecular weight is 260 g/mol. The second-order valence-corrected chi connectivity index (χ2v) is 2.45. The molecule has 0 saturated heterocycles. The molecular formula is C5H2INaO3. The van der Waals surface area contributed by atoms with Crippen molar-refractivity contribution in [1.29, 1.82) is 0 Å². The van der Waals surface area contributed by atoms with E-state index in [9.17, 15) is 9.90 Å². The molecule has 0 saturated carbocycles. The van der Waals surface area contributed by atoms with E-state index in [1.165, 1.54) is 6.07 Å². The molecule has 0 spiro atoms. The minimum absolute atomic E-state index is 0. The van der Waals surface area contributed by atoms with Gasteiger partial charge in [-0.3, -0.25) is 0 Å². The van der Waals surface area contributed by atoms with Crippen LogP contribution in [-0.4, -0.2) is 5.97 Å². The summed E-state index contributed by atoms with van der Waals surface area (Å²) >= 11 is 1.88. The van der Waals surface area contributed by atoms with E-state index >= 15 is 0 Å². The molecule has 0 atom stereocenters. The van der Waals surface area contributed by atoms with Gasteiger partial charge in [0, 0.05) is 0 Å². The Hall–Kier alpha value is 0.480. The number of carbonyl (C=O) groups is 1. The summed E-state index contributed by atoms with van der Waals surface area (Å²) < 4.78 is 5.22. The number of furan rings is 1. The van der Waals surface area contributed by atoms with E-state index in [-0.39, 0.29) is 35.3 Å². The van der Waals surface area contributed by atoms with Crippen LogP contribution in [0.15, 0.2) is 16.5 Å². The fraction of sp³-hybridized carbons (Fsp3) is 0. The Balaban J connectivity index is 0.000000810. The molecule has 48 valence electrons. The predicted molar refractivity (Wildman–Crippen MR) is 35.8 cm³/mol. The van der Waals surface area contributed by atoms with Gasteiger partial charge in [-0.15, -0.1) is 0 Å². The van der Waals surface area contributed by atoms with E-state index in [2.05, 4.69) is 4.42 Å². The molecule has 0 N–H and O–H groups in total. The molecule has 1 aromatic heterocycles. The molecule has 0 unspecified atom stereocenters. The average Bonchev–Trinajstić information content (AvgIpc) is 2.14. The molecule has 10 heavy (non-hydrogen) atoms. The first-order chi connectivity index (χ1) is 4.20. The fourth-order valence-electron chi connectivity index (χ4n) is 0.424. The summed E-state index contributed by atoms with van der Waals surface area (Å²) in [7, 11) is 0. The molecular weight excluding hydrogens is 258 g/mol. The number of hydrogen-bond donors (Lipinski definition) is 0. The van der Waals surface area contributed by atoms with Gasteiger partial charge >= 0.3 is 29.6 Å². The van der Waals surface area contributed by atoms with Gasteiger partial charge in [0.25, 0.3) is 0 Å². The van der Waals surface area contributed by atoms with Crippen molar-refractivity contribution in [2.24, 2.45) is 0 Å². The van der Waals surface area contributed by atoms with E-state index < -0.39 is 5.97 Å². The number of hydrogen-bond acceptors (Lipinski definition) is 3. The predicted octanol–water partition coefficient (Wildman–Crippen LogP) is -2.75. The molecule has 0 radical (unpaired) electrons. The van der Waals surface area contributed by atoms with Gasteiger partial charge in [0.2, 0.25) is 0 Å². The van der Waals surface area contributed by atoms with Gasteiger partial charge in [-0.25, -0.2) is 0 Å². The van der Waals surface area contributed by atoms with Crippen LogP contribution in [0.2, 0.25) is 0 Å². The zero-order chi connectivity index (χ0) is 6.85. The third-order valence-corrected chi connectivity index (χ3v) is 1.35. The van der Waals surface area contributed by atoms with Crippen LogP contribution >= 0.6 is 22.6 Å². The molecule has 3 nitrogen and oxygen atoms in total. The second-order valence-electron chi connectivity index (χ2n) is 1.39. The monoisotopic (exact) mass is 260 g/mol. The molecule has 0 fully saturated rings. The van der Waals surface area contributed by atoms with Crippen molar-refractivity contribution in [2.45, 2.75) is 0 Å². The quantitative estimate of drug-likeness (QED) is 0.406. The van der Waals surface area contributed by atoms with Crippen LogP contribution in [0.5, 0.6) is 0 Å². The van der Waals surface area contributed by atoms with Crippen LogP contribution in [0, 0.1) is 3.77 Å². The SMILES string of the molecule is O=C([O-])c1ccc(I)o1.[Na+]. The summed E-state index contributed by atoms with van der Waals surface area (Å²) in [6.45, 7) is 0. The number of rotatable bonds is 1. The van der Waals surface area contributed by atoms with E-state index in [1.54, 1.807) is 6.07 Å². The van der Waals surface area contributed by atoms with E-state index in [0.717, 1.165) is 0 Å². The Bertz CT molecular complexity index is 233. The van der Waals surface area contributed by atoms with Crippen LogP contribution in [0.3, 0.4) is 0 Å². The van der Waals surface area contributed by atoms with Crippen molar-refractivity contribution in [3.63, 3.8) is 0 Å². The van der Waals surface area contributed by atoms with Gasteiger partial charge in [-0.1, -0.05) is 0 Å². The largest absolute Gasteiger partial charge is 1.00 e. The van der Waals surface area contributed by atoms with E-state index in [4.69, 9.17) is 0 Å². The first-order valence-corrected chi connectivity index (χ1v) is 3.24. The Morgan fingerprint density at radius 1 is 1.60 bits per heavy atom. The summed E-state index contributed by atoms with van der Waals surface area (Å²) in [4.78, 5) is 10.0. The minimum Gasteiger partial charge on any atom is -0.542 e. The van der Waals surface area contributed by atoms with Crippen molar-refractivity contribution in [3.05, 3.63) is 21.7 Å². The van der Waals surface area contributed by atoms with E-state index in [0.29, 0.717) is 3.77 Å². The smallest absolute Gasteiger partial charge is 0.542 e. The standard InChI is InChI=1S/C5H3IO3.Na/c6-4-2-1-3(9-4)5(7)8;/h1-2H,(H,7,8);/q;+1/p-1. The molecule has 0 bridgehead atoms. The van der Waals surface area contributed by atoms with Gasteiger partial charge in [0.05, 0.1) is 0 Å². The summed E-state index contributed by atoms with van der Waals surface area (Å²) in [6, 6.07) is 2.92. The topological polar surface area (TPSA) is 53.3 Å². The normalized spacial score (nSPS) is 8.50. The zero-order valence-corrected chi connectivity index (χ0v) is 9.41. The maximum absolute atomic E-state index is 10.0. The van der Waals surface area contributed by atoms with Crippen LogP contribution in [0.1, 0.15) is 10.6 Å².